The van der Waals surface area contributed by atoms with Gasteiger partial charge in [0, 0.05) is 24.7 Å². The van der Waals surface area contributed by atoms with Gasteiger partial charge in [-0.15, -0.1) is 0 Å². The van der Waals surface area contributed by atoms with Crippen LogP contribution < -0.4 is 29.6 Å². The molecule has 9 heteroatoms. The minimum absolute atomic E-state index is 0.104. The Bertz CT molecular complexity index is 1150. The molecule has 3 aliphatic rings. The maximum atomic E-state index is 13.5. The number of ether oxygens (including phenoxy) is 4. The Morgan fingerprint density at radius 2 is 1.61 bits per heavy atom. The number of amides is 2. The van der Waals surface area contributed by atoms with Gasteiger partial charge in [-0.05, 0) is 57.0 Å². The first-order valence-corrected chi connectivity index (χ1v) is 13.6. The zero-order valence-electron chi connectivity index (χ0n) is 22.1. The zero-order chi connectivity index (χ0) is 26.4. The fourth-order valence-corrected chi connectivity index (χ4v) is 5.58. The van der Waals surface area contributed by atoms with Gasteiger partial charge < -0.3 is 29.6 Å². The fraction of sp³-hybridized carbons (Fsp3) is 0.517. The number of nitrogens with zero attached hydrogens (tertiary/aromatic N) is 1. The molecule has 1 spiro atoms. The monoisotopic (exact) mass is 523 g/mol. The first-order valence-electron chi connectivity index (χ1n) is 13.6. The van der Waals surface area contributed by atoms with Crippen LogP contribution in [0.2, 0.25) is 0 Å². The van der Waals surface area contributed by atoms with Crippen LogP contribution in [0.15, 0.2) is 36.4 Å². The van der Waals surface area contributed by atoms with E-state index in [0.717, 1.165) is 74.6 Å². The zero-order valence-corrected chi connectivity index (χ0v) is 22.1. The first-order chi connectivity index (χ1) is 18.6. The van der Waals surface area contributed by atoms with E-state index in [2.05, 4.69) is 15.5 Å². The predicted molar refractivity (Wildman–Crippen MR) is 142 cm³/mol. The van der Waals surface area contributed by atoms with E-state index in [4.69, 9.17) is 18.9 Å². The van der Waals surface area contributed by atoms with Crippen LogP contribution in [0.1, 0.15) is 48.0 Å². The second-order valence-corrected chi connectivity index (χ2v) is 10.2. The quantitative estimate of drug-likeness (QED) is 0.638. The number of hydrogen-bond acceptors (Lipinski definition) is 7. The number of carbonyl (C=O) groups is 2. The van der Waals surface area contributed by atoms with Gasteiger partial charge in [0.25, 0.3) is 5.91 Å². The second kappa shape index (κ2) is 11.9. The molecule has 0 atom stereocenters. The molecule has 2 aromatic rings. The lowest BCUT2D eigenvalue weighted by Gasteiger charge is -2.41. The van der Waals surface area contributed by atoms with Crippen molar-refractivity contribution in [1.82, 2.24) is 15.5 Å². The van der Waals surface area contributed by atoms with Crippen LogP contribution >= 0.6 is 0 Å². The molecule has 3 heterocycles. The summed E-state index contributed by atoms with van der Waals surface area (Å²) < 4.78 is 23.0. The minimum Gasteiger partial charge on any atom is -0.496 e. The lowest BCUT2D eigenvalue weighted by Crippen LogP contribution is -2.49. The molecule has 0 aromatic heterocycles. The van der Waals surface area contributed by atoms with Crippen molar-refractivity contribution in [3.05, 3.63) is 47.5 Å². The number of methoxy groups -OCH3 is 1. The van der Waals surface area contributed by atoms with Gasteiger partial charge in [-0.3, -0.25) is 14.5 Å². The van der Waals surface area contributed by atoms with Crippen molar-refractivity contribution < 1.29 is 28.5 Å². The standard InChI is InChI=1S/C29H37N3O6/c1-35-24-19-26-25(37-16-17-38-26)18-21(24)20-32-13-9-29(10-14-32)8-4-5-11-30-27(33)22-6-2-3-7-23(22)36-15-12-31-28(29)34/h2-3,6-7,18-19H,4-5,8-17,20H2,1H3,(H,30,33)(H,31,34). The second-order valence-electron chi connectivity index (χ2n) is 10.2. The van der Waals surface area contributed by atoms with E-state index in [1.165, 1.54) is 0 Å². The minimum atomic E-state index is -0.417. The van der Waals surface area contributed by atoms with Crippen LogP contribution in [0.25, 0.3) is 0 Å². The Kier molecular flexibility index (Phi) is 8.22. The molecule has 3 aliphatic heterocycles. The lowest BCUT2D eigenvalue weighted by atomic mass is 9.73. The molecular formula is C29H37N3O6. The van der Waals surface area contributed by atoms with Crippen LogP contribution in [0.3, 0.4) is 0 Å². The third-order valence-electron chi connectivity index (χ3n) is 7.78. The molecule has 0 bridgehead atoms. The molecule has 5 rings (SSSR count). The van der Waals surface area contributed by atoms with Crippen molar-refractivity contribution >= 4 is 11.8 Å². The molecule has 1 fully saturated rings. The van der Waals surface area contributed by atoms with E-state index in [0.29, 0.717) is 44.2 Å². The summed E-state index contributed by atoms with van der Waals surface area (Å²) in [5.41, 5.74) is 1.16. The van der Waals surface area contributed by atoms with E-state index in [-0.39, 0.29) is 11.8 Å². The van der Waals surface area contributed by atoms with Crippen molar-refractivity contribution in [3.8, 4) is 23.0 Å². The van der Waals surface area contributed by atoms with Gasteiger partial charge >= 0.3 is 0 Å². The molecule has 204 valence electrons. The highest BCUT2D eigenvalue weighted by molar-refractivity contribution is 5.96. The van der Waals surface area contributed by atoms with Gasteiger partial charge in [-0.1, -0.05) is 18.6 Å². The summed E-state index contributed by atoms with van der Waals surface area (Å²) in [5.74, 6) is 2.77. The number of nitrogens with one attached hydrogen (secondary N) is 2. The topological polar surface area (TPSA) is 98.4 Å². The van der Waals surface area contributed by atoms with E-state index in [1.54, 1.807) is 19.2 Å². The van der Waals surface area contributed by atoms with Crippen LogP contribution in [-0.4, -0.2) is 69.8 Å². The molecule has 0 saturated carbocycles. The van der Waals surface area contributed by atoms with Gasteiger partial charge in [0.15, 0.2) is 11.5 Å². The first kappa shape index (κ1) is 26.2. The van der Waals surface area contributed by atoms with Gasteiger partial charge in [0.05, 0.1) is 24.6 Å². The summed E-state index contributed by atoms with van der Waals surface area (Å²) in [5, 5.41) is 6.13. The highest BCUT2D eigenvalue weighted by atomic mass is 16.6. The third kappa shape index (κ3) is 5.83. The van der Waals surface area contributed by atoms with Crippen LogP contribution in [0.5, 0.6) is 23.0 Å². The van der Waals surface area contributed by atoms with Crippen molar-refractivity contribution in [1.29, 1.82) is 0 Å². The maximum Gasteiger partial charge on any atom is 0.255 e. The molecule has 0 radical (unpaired) electrons. The van der Waals surface area contributed by atoms with Crippen molar-refractivity contribution in [3.63, 3.8) is 0 Å². The summed E-state index contributed by atoms with van der Waals surface area (Å²) in [6.45, 7) is 4.70. The van der Waals surface area contributed by atoms with Gasteiger partial charge in [-0.25, -0.2) is 0 Å². The third-order valence-corrected chi connectivity index (χ3v) is 7.78. The SMILES string of the molecule is COc1cc2c(cc1CN1CCC3(CCCCNC(=O)c4ccccc4OCCNC3=O)CC1)OCCO2. The largest absolute Gasteiger partial charge is 0.496 e. The molecule has 1 saturated heterocycles. The Morgan fingerprint density at radius 1 is 0.868 bits per heavy atom. The average molecular weight is 524 g/mol. The van der Waals surface area contributed by atoms with E-state index >= 15 is 0 Å². The van der Waals surface area contributed by atoms with Gasteiger partial charge in [0.1, 0.15) is 31.3 Å². The Balaban J connectivity index is 1.23. The Morgan fingerprint density at radius 3 is 2.39 bits per heavy atom. The fourth-order valence-electron chi connectivity index (χ4n) is 5.58. The Hall–Kier alpha value is -3.46. The predicted octanol–water partition coefficient (Wildman–Crippen LogP) is 3.16. The summed E-state index contributed by atoms with van der Waals surface area (Å²) in [6, 6.07) is 11.1. The summed E-state index contributed by atoms with van der Waals surface area (Å²) in [4.78, 5) is 28.5. The number of para-hydroxylation sites is 1. The van der Waals surface area contributed by atoms with E-state index in [9.17, 15) is 9.59 Å². The molecule has 2 aromatic carbocycles. The number of rotatable bonds is 3. The molecule has 2 N–H and O–H groups in total. The lowest BCUT2D eigenvalue weighted by molar-refractivity contribution is -0.134. The molecule has 0 aliphatic carbocycles. The molecule has 38 heavy (non-hydrogen) atoms. The molecule has 2 amide bonds. The van der Waals surface area contributed by atoms with Crippen LogP contribution in [0, 0.1) is 5.41 Å². The maximum absolute atomic E-state index is 13.5. The van der Waals surface area contributed by atoms with E-state index in [1.807, 2.05) is 24.3 Å². The smallest absolute Gasteiger partial charge is 0.255 e. The molecule has 9 nitrogen and oxygen atoms in total. The van der Waals surface area contributed by atoms with Crippen LogP contribution in [-0.2, 0) is 11.3 Å². The number of fused-ring (bicyclic) bond motifs is 2. The number of carbonyl (C=O) groups excluding carboxylic acids is 2. The highest BCUT2D eigenvalue weighted by Crippen LogP contribution is 2.40. The normalized spacial score (nSPS) is 20.3. The van der Waals surface area contributed by atoms with Crippen molar-refractivity contribution in [2.75, 3.05) is 53.1 Å². The summed E-state index contributed by atoms with van der Waals surface area (Å²) in [7, 11) is 1.67. The summed E-state index contributed by atoms with van der Waals surface area (Å²) in [6.07, 6.45) is 4.06. The van der Waals surface area contributed by atoms with Crippen LogP contribution in [0.4, 0.5) is 0 Å². The van der Waals surface area contributed by atoms with E-state index < -0.39 is 5.41 Å². The number of piperidine rings is 1. The summed E-state index contributed by atoms with van der Waals surface area (Å²) >= 11 is 0. The molecular weight excluding hydrogens is 486 g/mol. The van der Waals surface area contributed by atoms with Gasteiger partial charge in [0.2, 0.25) is 5.91 Å². The average Bonchev–Trinajstić information content (AvgIpc) is 2.95. The van der Waals surface area contributed by atoms with Crippen molar-refractivity contribution in [2.24, 2.45) is 5.41 Å². The highest BCUT2D eigenvalue weighted by Gasteiger charge is 2.40. The van der Waals surface area contributed by atoms with Gasteiger partial charge in [-0.2, -0.15) is 0 Å². The molecule has 0 unspecified atom stereocenters. The number of benzene rings is 2. The Labute approximate surface area is 223 Å². The number of likely N-dealkylation sites (tertiary alicyclic amines) is 1. The number of hydrogen-bond donors (Lipinski definition) is 2. The van der Waals surface area contributed by atoms with Crippen molar-refractivity contribution in [2.45, 2.75) is 38.6 Å².